The van der Waals surface area contributed by atoms with Crippen LogP contribution in [0.15, 0.2) is 28.7 Å². The summed E-state index contributed by atoms with van der Waals surface area (Å²) in [6.07, 6.45) is 1.44. The monoisotopic (exact) mass is 313 g/mol. The first kappa shape index (κ1) is 13.5. The average Bonchev–Trinajstić information content (AvgIpc) is 2.40. The molecule has 1 N–H and O–H groups in total. The normalized spacial score (nSPS) is 16.5. The Labute approximate surface area is 115 Å². The highest BCUT2D eigenvalue weighted by atomic mass is 79.9. The number of benzene rings is 1. The molecule has 0 aromatic heterocycles. The van der Waals surface area contributed by atoms with Crippen molar-refractivity contribution in [3.05, 3.63) is 34.3 Å². The average molecular weight is 314 g/mol. The van der Waals surface area contributed by atoms with Crippen LogP contribution in [0.4, 0.5) is 0 Å². The third-order valence-corrected chi connectivity index (χ3v) is 3.37. The number of halogens is 1. The van der Waals surface area contributed by atoms with Crippen molar-refractivity contribution in [2.45, 2.75) is 19.1 Å². The second kappa shape index (κ2) is 6.87. The lowest BCUT2D eigenvalue weighted by molar-refractivity contribution is -0.180. The Morgan fingerprint density at radius 2 is 2.06 bits per heavy atom. The van der Waals surface area contributed by atoms with E-state index < -0.39 is 0 Å². The van der Waals surface area contributed by atoms with Crippen LogP contribution < -0.4 is 5.32 Å². The summed E-state index contributed by atoms with van der Waals surface area (Å²) < 4.78 is 11.6. The Balaban J connectivity index is 1.76. The fourth-order valence-electron chi connectivity index (χ4n) is 1.75. The van der Waals surface area contributed by atoms with Crippen LogP contribution in [0.25, 0.3) is 0 Å². The maximum Gasteiger partial charge on any atom is 0.252 e. The van der Waals surface area contributed by atoms with E-state index in [0.29, 0.717) is 18.5 Å². The molecule has 1 saturated heterocycles. The summed E-state index contributed by atoms with van der Waals surface area (Å²) >= 11 is 3.36. The molecule has 0 aliphatic carbocycles. The Morgan fingerprint density at radius 1 is 1.33 bits per heavy atom. The van der Waals surface area contributed by atoms with Crippen LogP contribution in [0.1, 0.15) is 23.2 Å². The molecule has 1 amide bonds. The molecule has 0 bridgehead atoms. The van der Waals surface area contributed by atoms with Crippen molar-refractivity contribution in [1.82, 2.24) is 5.32 Å². The van der Waals surface area contributed by atoms with Gasteiger partial charge in [0, 0.05) is 17.4 Å². The molecule has 0 saturated carbocycles. The van der Waals surface area contributed by atoms with E-state index in [2.05, 4.69) is 21.2 Å². The van der Waals surface area contributed by atoms with E-state index in [4.69, 9.17) is 9.47 Å². The molecular formula is C13H16BrNO3. The molecule has 0 unspecified atom stereocenters. The van der Waals surface area contributed by atoms with E-state index in [-0.39, 0.29) is 12.2 Å². The first-order chi connectivity index (χ1) is 8.77. The molecule has 1 heterocycles. The van der Waals surface area contributed by atoms with Gasteiger partial charge in [-0.25, -0.2) is 0 Å². The third kappa shape index (κ3) is 3.80. The summed E-state index contributed by atoms with van der Waals surface area (Å²) in [7, 11) is 0. The van der Waals surface area contributed by atoms with Crippen molar-refractivity contribution in [3.8, 4) is 0 Å². The summed E-state index contributed by atoms with van der Waals surface area (Å²) in [5, 5.41) is 2.86. The Morgan fingerprint density at radius 3 is 2.78 bits per heavy atom. The van der Waals surface area contributed by atoms with Gasteiger partial charge in [-0.05, 0) is 34.5 Å². The predicted octanol–water partition coefficient (Wildman–Crippen LogP) is 2.33. The first-order valence-corrected chi connectivity index (χ1v) is 6.82. The van der Waals surface area contributed by atoms with Crippen molar-refractivity contribution in [2.75, 3.05) is 19.8 Å². The zero-order valence-electron chi connectivity index (χ0n) is 10.0. The molecule has 0 radical (unpaired) electrons. The van der Waals surface area contributed by atoms with E-state index in [1.807, 2.05) is 18.2 Å². The van der Waals surface area contributed by atoms with E-state index >= 15 is 0 Å². The van der Waals surface area contributed by atoms with Gasteiger partial charge in [-0.15, -0.1) is 0 Å². The molecule has 18 heavy (non-hydrogen) atoms. The van der Waals surface area contributed by atoms with Gasteiger partial charge in [0.2, 0.25) is 0 Å². The van der Waals surface area contributed by atoms with E-state index in [0.717, 1.165) is 24.1 Å². The number of hydrogen-bond donors (Lipinski definition) is 1. The standard InChI is InChI=1S/C13H16BrNO3/c14-11-5-2-1-4-10(11)13(16)15-7-6-12-17-8-3-9-18-12/h1-2,4-5,12H,3,6-9H2,(H,15,16). The van der Waals surface area contributed by atoms with Crippen molar-refractivity contribution < 1.29 is 14.3 Å². The molecule has 0 spiro atoms. The molecule has 5 heteroatoms. The fraction of sp³-hybridized carbons (Fsp3) is 0.462. The highest BCUT2D eigenvalue weighted by Crippen LogP contribution is 2.15. The number of nitrogens with one attached hydrogen (secondary N) is 1. The number of carbonyl (C=O) groups is 1. The van der Waals surface area contributed by atoms with Crippen LogP contribution in [0, 0.1) is 0 Å². The second-order valence-electron chi connectivity index (χ2n) is 4.05. The second-order valence-corrected chi connectivity index (χ2v) is 4.90. The van der Waals surface area contributed by atoms with Gasteiger partial charge in [0.25, 0.3) is 5.91 Å². The molecular weight excluding hydrogens is 298 g/mol. The maximum atomic E-state index is 11.9. The van der Waals surface area contributed by atoms with Gasteiger partial charge in [0.15, 0.2) is 6.29 Å². The topological polar surface area (TPSA) is 47.6 Å². The van der Waals surface area contributed by atoms with Crippen LogP contribution in [0.5, 0.6) is 0 Å². The molecule has 1 aromatic carbocycles. The number of hydrogen-bond acceptors (Lipinski definition) is 3. The smallest absolute Gasteiger partial charge is 0.252 e. The van der Waals surface area contributed by atoms with Gasteiger partial charge in [-0.1, -0.05) is 12.1 Å². The van der Waals surface area contributed by atoms with Crippen LogP contribution in [0.3, 0.4) is 0 Å². The van der Waals surface area contributed by atoms with E-state index in [1.54, 1.807) is 6.07 Å². The number of amides is 1. The summed E-state index contributed by atoms with van der Waals surface area (Å²) in [5.41, 5.74) is 0.642. The van der Waals surface area contributed by atoms with Crippen LogP contribution in [0.2, 0.25) is 0 Å². The Kier molecular flexibility index (Phi) is 5.16. The van der Waals surface area contributed by atoms with Crippen LogP contribution in [-0.4, -0.2) is 32.0 Å². The number of ether oxygens (including phenoxy) is 2. The highest BCUT2D eigenvalue weighted by Gasteiger charge is 2.14. The van der Waals surface area contributed by atoms with Gasteiger partial charge in [0.05, 0.1) is 18.8 Å². The zero-order valence-corrected chi connectivity index (χ0v) is 11.6. The molecule has 1 aromatic rings. The Bertz CT molecular complexity index is 405. The largest absolute Gasteiger partial charge is 0.353 e. The first-order valence-electron chi connectivity index (χ1n) is 6.03. The van der Waals surface area contributed by atoms with Crippen LogP contribution >= 0.6 is 15.9 Å². The molecule has 0 atom stereocenters. The fourth-order valence-corrected chi connectivity index (χ4v) is 2.21. The van der Waals surface area contributed by atoms with E-state index in [1.165, 1.54) is 0 Å². The number of carbonyl (C=O) groups excluding carboxylic acids is 1. The lowest BCUT2D eigenvalue weighted by Gasteiger charge is -2.23. The summed E-state index contributed by atoms with van der Waals surface area (Å²) in [6, 6.07) is 7.35. The summed E-state index contributed by atoms with van der Waals surface area (Å²) in [5.74, 6) is -0.0849. The summed E-state index contributed by atoms with van der Waals surface area (Å²) in [6.45, 7) is 2.02. The van der Waals surface area contributed by atoms with Gasteiger partial charge in [0.1, 0.15) is 0 Å². The predicted molar refractivity (Wildman–Crippen MR) is 71.4 cm³/mol. The summed E-state index contributed by atoms with van der Waals surface area (Å²) in [4.78, 5) is 11.9. The van der Waals surface area contributed by atoms with Gasteiger partial charge >= 0.3 is 0 Å². The highest BCUT2D eigenvalue weighted by molar-refractivity contribution is 9.10. The molecule has 1 aliphatic rings. The lowest BCUT2D eigenvalue weighted by atomic mass is 10.2. The SMILES string of the molecule is O=C(NCCC1OCCCO1)c1ccccc1Br. The minimum absolute atomic E-state index is 0.0849. The molecule has 1 fully saturated rings. The van der Waals surface area contributed by atoms with E-state index in [9.17, 15) is 4.79 Å². The van der Waals surface area contributed by atoms with Crippen molar-refractivity contribution in [1.29, 1.82) is 0 Å². The Hall–Kier alpha value is -0.910. The third-order valence-electron chi connectivity index (χ3n) is 2.68. The molecule has 98 valence electrons. The number of rotatable bonds is 4. The van der Waals surface area contributed by atoms with Crippen molar-refractivity contribution >= 4 is 21.8 Å². The zero-order chi connectivity index (χ0) is 12.8. The molecule has 2 rings (SSSR count). The van der Waals surface area contributed by atoms with Crippen LogP contribution in [-0.2, 0) is 9.47 Å². The maximum absolute atomic E-state index is 11.9. The van der Waals surface area contributed by atoms with Gasteiger partial charge < -0.3 is 14.8 Å². The van der Waals surface area contributed by atoms with Gasteiger partial charge in [-0.3, -0.25) is 4.79 Å². The van der Waals surface area contributed by atoms with Crippen molar-refractivity contribution in [3.63, 3.8) is 0 Å². The lowest BCUT2D eigenvalue weighted by Crippen LogP contribution is -2.31. The van der Waals surface area contributed by atoms with Gasteiger partial charge in [-0.2, -0.15) is 0 Å². The minimum atomic E-state index is -0.182. The van der Waals surface area contributed by atoms with Crippen molar-refractivity contribution in [2.24, 2.45) is 0 Å². The molecule has 1 aliphatic heterocycles. The molecule has 4 nitrogen and oxygen atoms in total. The minimum Gasteiger partial charge on any atom is -0.353 e. The quantitative estimate of drug-likeness (QED) is 0.928.